The predicted molar refractivity (Wildman–Crippen MR) is 135 cm³/mol. The molecule has 6 rings (SSSR count). The Labute approximate surface area is 230 Å². The van der Waals surface area contributed by atoms with Crippen molar-refractivity contribution >= 4 is 29.1 Å². The number of carbonyl (C=O) groups is 1. The van der Waals surface area contributed by atoms with Crippen LogP contribution in [0.2, 0.25) is 5.02 Å². The van der Waals surface area contributed by atoms with E-state index in [1.165, 1.54) is 23.1 Å². The van der Waals surface area contributed by atoms with Crippen molar-refractivity contribution in [3.8, 4) is 23.0 Å². The van der Waals surface area contributed by atoms with E-state index in [-0.39, 0.29) is 53.4 Å². The molecule has 40 heavy (non-hydrogen) atoms. The van der Waals surface area contributed by atoms with E-state index >= 15 is 0 Å². The molecule has 0 amide bonds. The van der Waals surface area contributed by atoms with E-state index in [2.05, 4.69) is 20.1 Å². The highest BCUT2D eigenvalue weighted by molar-refractivity contribution is 6.32. The number of hydrogen-bond acceptors (Lipinski definition) is 10. The van der Waals surface area contributed by atoms with Gasteiger partial charge < -0.3 is 38.9 Å². The van der Waals surface area contributed by atoms with Gasteiger partial charge in [-0.05, 0) is 23.8 Å². The summed E-state index contributed by atoms with van der Waals surface area (Å²) in [6, 6.07) is 3.97. The molecule has 3 aromatic heterocycles. The third kappa shape index (κ3) is 5.48. The predicted octanol–water partition coefficient (Wildman–Crippen LogP) is 2.05. The molecule has 0 saturated carbocycles. The molecule has 2 fully saturated rings. The van der Waals surface area contributed by atoms with Crippen molar-refractivity contribution in [3.05, 3.63) is 52.8 Å². The first-order valence-corrected chi connectivity index (χ1v) is 12.4. The molecular weight excluding hydrogens is 556 g/mol. The lowest BCUT2D eigenvalue weighted by Crippen LogP contribution is -2.34. The van der Waals surface area contributed by atoms with Crippen molar-refractivity contribution in [3.63, 3.8) is 0 Å². The number of imidazole rings is 1. The number of aliphatic hydroxyl groups excluding tert-OH is 2. The van der Waals surface area contributed by atoms with Crippen LogP contribution in [0.5, 0.6) is 11.9 Å². The van der Waals surface area contributed by atoms with Crippen LogP contribution in [0.3, 0.4) is 0 Å². The molecule has 2 aliphatic rings. The largest absolute Gasteiger partial charge is 0.471 e. The number of aromatic nitrogens is 5. The van der Waals surface area contributed by atoms with Gasteiger partial charge in [0, 0.05) is 18.9 Å². The Morgan fingerprint density at radius 1 is 1.15 bits per heavy atom. The third-order valence-electron chi connectivity index (χ3n) is 6.34. The number of ether oxygens (including phenoxy) is 4. The van der Waals surface area contributed by atoms with Crippen LogP contribution in [-0.2, 0) is 27.4 Å². The van der Waals surface area contributed by atoms with Gasteiger partial charge in [-0.15, -0.1) is 0 Å². The first kappa shape index (κ1) is 27.9. The highest BCUT2D eigenvalue weighted by Gasteiger charge is 2.48. The zero-order valence-corrected chi connectivity index (χ0v) is 21.7. The molecule has 15 heteroatoms. The molecule has 1 aromatic carbocycles. The van der Waals surface area contributed by atoms with Crippen LogP contribution in [0.15, 0.2) is 30.6 Å². The van der Waals surface area contributed by atoms with Gasteiger partial charge in [0.05, 0.1) is 37.0 Å². The zero-order valence-electron chi connectivity index (χ0n) is 21.0. The zero-order chi connectivity index (χ0) is 28.4. The number of nitrogens with zero attached hydrogens (tertiary/aromatic N) is 4. The Morgan fingerprint density at radius 2 is 1.90 bits per heavy atom. The van der Waals surface area contributed by atoms with E-state index in [0.29, 0.717) is 17.4 Å². The fourth-order valence-corrected chi connectivity index (χ4v) is 4.67. The van der Waals surface area contributed by atoms with Crippen LogP contribution in [0.25, 0.3) is 22.3 Å². The van der Waals surface area contributed by atoms with Gasteiger partial charge in [-0.2, -0.15) is 15.1 Å². The molecule has 212 valence electrons. The number of hydrogen-bond donors (Lipinski definition) is 3. The molecule has 0 bridgehead atoms. The molecule has 4 atom stereocenters. The molecule has 3 N–H and O–H groups in total. The second-order valence-corrected chi connectivity index (χ2v) is 9.24. The summed E-state index contributed by atoms with van der Waals surface area (Å²) in [5, 5.41) is 21.0. The third-order valence-corrected chi connectivity index (χ3v) is 6.61. The maximum absolute atomic E-state index is 14.8. The molecule has 2 aliphatic heterocycles. The standard InChI is InChI=1S/C24H20ClF2N5O6.CH4O/c25-14-5-17-22(31-24(29-17)38-19-10-36-20-18(34)9-35-21(19)20)30-23(14)37-8-13-15(26)3-11(4-16(13)27)12-6-28-32(7-12)1-2-33;1-2/h2-7,18-21,34H,1,8-10H2,(H,29,30,31);2H,1H3/t18-,19-,20-,21-;/m1./s1. The minimum Gasteiger partial charge on any atom is -0.471 e. The van der Waals surface area contributed by atoms with Crippen LogP contribution in [-0.4, -0.2) is 86.0 Å². The number of pyridine rings is 1. The fourth-order valence-electron chi connectivity index (χ4n) is 4.46. The van der Waals surface area contributed by atoms with Gasteiger partial charge in [-0.25, -0.2) is 8.78 Å². The van der Waals surface area contributed by atoms with E-state index in [4.69, 9.17) is 35.7 Å². The Kier molecular flexibility index (Phi) is 8.23. The smallest absolute Gasteiger partial charge is 0.296 e. The van der Waals surface area contributed by atoms with Gasteiger partial charge in [0.2, 0.25) is 5.88 Å². The van der Waals surface area contributed by atoms with Crippen molar-refractivity contribution in [2.75, 3.05) is 20.3 Å². The Bertz CT molecular complexity index is 1490. The molecular formula is C25H24ClF2N5O7. The molecule has 0 radical (unpaired) electrons. The lowest BCUT2D eigenvalue weighted by Gasteiger charge is -2.15. The van der Waals surface area contributed by atoms with Crippen LogP contribution in [0.1, 0.15) is 5.56 Å². The van der Waals surface area contributed by atoms with Crippen molar-refractivity contribution in [2.45, 2.75) is 37.6 Å². The Balaban J connectivity index is 0.00000158. The summed E-state index contributed by atoms with van der Waals surface area (Å²) in [5.41, 5.74) is 1.08. The Morgan fingerprint density at radius 3 is 2.65 bits per heavy atom. The van der Waals surface area contributed by atoms with Gasteiger partial charge in [-0.1, -0.05) is 11.6 Å². The molecule has 2 saturated heterocycles. The minimum atomic E-state index is -0.827. The van der Waals surface area contributed by atoms with Crippen molar-refractivity contribution < 1.29 is 42.7 Å². The number of aldehydes is 1. The molecule has 0 spiro atoms. The van der Waals surface area contributed by atoms with Crippen molar-refractivity contribution in [1.82, 2.24) is 24.7 Å². The van der Waals surface area contributed by atoms with E-state index in [0.717, 1.165) is 19.2 Å². The lowest BCUT2D eigenvalue weighted by atomic mass is 10.1. The Hall–Kier alpha value is -3.69. The van der Waals surface area contributed by atoms with E-state index in [1.54, 1.807) is 0 Å². The number of nitrogens with one attached hydrogen (secondary N) is 1. The van der Waals surface area contributed by atoms with Gasteiger partial charge in [-0.3, -0.25) is 4.68 Å². The van der Waals surface area contributed by atoms with Crippen LogP contribution in [0.4, 0.5) is 8.78 Å². The summed E-state index contributed by atoms with van der Waals surface area (Å²) < 4.78 is 53.4. The summed E-state index contributed by atoms with van der Waals surface area (Å²) in [6.07, 6.45) is 1.55. The average molecular weight is 580 g/mol. The molecule has 0 aliphatic carbocycles. The number of carbonyl (C=O) groups excluding carboxylic acids is 1. The lowest BCUT2D eigenvalue weighted by molar-refractivity contribution is -0.108. The summed E-state index contributed by atoms with van der Waals surface area (Å²) in [7, 11) is 1.00. The number of H-pyrrole nitrogens is 1. The maximum atomic E-state index is 14.8. The van der Waals surface area contributed by atoms with E-state index in [9.17, 15) is 18.7 Å². The second-order valence-electron chi connectivity index (χ2n) is 8.83. The van der Waals surface area contributed by atoms with Gasteiger partial charge in [0.15, 0.2) is 11.8 Å². The summed E-state index contributed by atoms with van der Waals surface area (Å²) in [6.45, 7) is -0.0458. The minimum absolute atomic E-state index is 0.0349. The normalized spacial score (nSPS) is 21.6. The van der Waals surface area contributed by atoms with Gasteiger partial charge in [0.1, 0.15) is 47.9 Å². The second kappa shape index (κ2) is 11.8. The first-order chi connectivity index (χ1) is 19.4. The average Bonchev–Trinajstić information content (AvgIpc) is 3.72. The number of rotatable bonds is 8. The van der Waals surface area contributed by atoms with E-state index in [1.807, 2.05) is 0 Å². The molecule has 4 aromatic rings. The summed E-state index contributed by atoms with van der Waals surface area (Å²) in [4.78, 5) is 22.1. The topological polar surface area (TPSA) is 154 Å². The fraction of sp³-hybridized carbons (Fsp3) is 0.360. The summed E-state index contributed by atoms with van der Waals surface area (Å²) >= 11 is 6.29. The molecule has 12 nitrogen and oxygen atoms in total. The number of aromatic amines is 1. The van der Waals surface area contributed by atoms with Crippen LogP contribution < -0.4 is 9.47 Å². The number of benzene rings is 1. The highest BCUT2D eigenvalue weighted by atomic mass is 35.5. The first-order valence-electron chi connectivity index (χ1n) is 12.1. The number of fused-ring (bicyclic) bond motifs is 2. The maximum Gasteiger partial charge on any atom is 0.296 e. The van der Waals surface area contributed by atoms with Crippen molar-refractivity contribution in [1.29, 1.82) is 0 Å². The van der Waals surface area contributed by atoms with E-state index < -0.39 is 42.7 Å². The van der Waals surface area contributed by atoms with Gasteiger partial charge in [0.25, 0.3) is 6.01 Å². The number of aliphatic hydroxyl groups is 2. The van der Waals surface area contributed by atoms with Crippen molar-refractivity contribution in [2.24, 2.45) is 0 Å². The SMILES string of the molecule is CO.O=CCn1cc(-c2cc(F)c(COc3nc4nc(O[C@@H]5CO[C@H]6[C@@H]5OC[C@H]6O)[nH]c4cc3Cl)c(F)c2)cn1. The monoisotopic (exact) mass is 579 g/mol. The molecule has 0 unspecified atom stereocenters. The number of halogens is 3. The highest BCUT2D eigenvalue weighted by Crippen LogP contribution is 2.32. The van der Waals surface area contributed by atoms with Crippen LogP contribution in [0, 0.1) is 11.6 Å². The molecule has 5 heterocycles. The van der Waals surface area contributed by atoms with Crippen LogP contribution >= 0.6 is 11.6 Å². The quantitative estimate of drug-likeness (QED) is 0.264. The van der Waals surface area contributed by atoms with Gasteiger partial charge >= 0.3 is 0 Å². The summed E-state index contributed by atoms with van der Waals surface area (Å²) in [5.74, 6) is -1.72.